The molecule has 2 aromatic carbocycles. The summed E-state index contributed by atoms with van der Waals surface area (Å²) in [6.07, 6.45) is -0.173. The fourth-order valence-corrected chi connectivity index (χ4v) is 2.53. The van der Waals surface area contributed by atoms with E-state index in [1.165, 1.54) is 12.1 Å². The van der Waals surface area contributed by atoms with Gasteiger partial charge in [-0.25, -0.2) is 4.39 Å². The molecule has 0 amide bonds. The van der Waals surface area contributed by atoms with Crippen molar-refractivity contribution in [1.82, 2.24) is 0 Å². The summed E-state index contributed by atoms with van der Waals surface area (Å²) in [7, 11) is 6.05. The molecule has 0 saturated carbocycles. The molecule has 0 heterocycles. The van der Waals surface area contributed by atoms with Crippen molar-refractivity contribution >= 4 is 0 Å². The van der Waals surface area contributed by atoms with E-state index in [9.17, 15) is 9.50 Å². The third-order valence-electron chi connectivity index (χ3n) is 3.47. The van der Waals surface area contributed by atoms with Crippen LogP contribution >= 0.6 is 0 Å². The van der Waals surface area contributed by atoms with Crippen LogP contribution in [0.1, 0.15) is 11.1 Å². The highest BCUT2D eigenvalue weighted by molar-refractivity contribution is 5.35. The topological polar surface area (TPSA) is 29.5 Å². The fraction of sp³-hybridized carbons (Fsp3) is 0.368. The molecular weight excluding hydrogens is 293 g/mol. The molecule has 23 heavy (non-hydrogen) atoms. The van der Waals surface area contributed by atoms with Crippen molar-refractivity contribution in [2.75, 3.05) is 27.7 Å². The number of benzene rings is 2. The highest BCUT2D eigenvalue weighted by Gasteiger charge is 2.18. The van der Waals surface area contributed by atoms with Crippen LogP contribution in [0.15, 0.2) is 48.5 Å². The first kappa shape index (κ1) is 17.4. The molecule has 0 aliphatic heterocycles. The molecule has 1 unspecified atom stereocenters. The molecule has 0 spiro atoms. The average Bonchev–Trinajstić information content (AvgIpc) is 2.45. The molecule has 1 N–H and O–H groups in total. The minimum absolute atomic E-state index is 0.315. The van der Waals surface area contributed by atoms with E-state index in [2.05, 4.69) is 0 Å². The van der Waals surface area contributed by atoms with Gasteiger partial charge in [0, 0.05) is 6.42 Å². The van der Waals surface area contributed by atoms with Crippen LogP contribution in [0, 0.1) is 5.82 Å². The summed E-state index contributed by atoms with van der Waals surface area (Å²) in [6.45, 7) is 1.01. The molecule has 2 rings (SSSR count). The van der Waals surface area contributed by atoms with Gasteiger partial charge >= 0.3 is 0 Å². The molecule has 0 aliphatic carbocycles. The summed E-state index contributed by atoms with van der Waals surface area (Å²) >= 11 is 0. The number of quaternary nitrogens is 1. The highest BCUT2D eigenvalue weighted by Crippen LogP contribution is 2.23. The minimum atomic E-state index is -0.545. The molecule has 0 aliphatic rings. The number of nitrogens with zero attached hydrogens (tertiary/aromatic N) is 1. The van der Waals surface area contributed by atoms with Crippen LogP contribution in [0.2, 0.25) is 0 Å². The van der Waals surface area contributed by atoms with Crippen molar-refractivity contribution in [2.24, 2.45) is 0 Å². The zero-order chi connectivity index (χ0) is 16.9. The number of halogens is 1. The SMILES string of the molecule is C[N+](C)(C)CC(O)Cc1cc(F)ccc1OCc1ccccc1. The number of ether oxygens (including phenoxy) is 1. The van der Waals surface area contributed by atoms with Gasteiger partial charge in [0.25, 0.3) is 0 Å². The summed E-state index contributed by atoms with van der Waals surface area (Å²) in [5.74, 6) is 0.306. The molecule has 0 aromatic heterocycles. The Morgan fingerprint density at radius 1 is 1.09 bits per heavy atom. The quantitative estimate of drug-likeness (QED) is 0.795. The molecule has 4 heteroatoms. The summed E-state index contributed by atoms with van der Waals surface area (Å²) in [5.41, 5.74) is 1.75. The fourth-order valence-electron chi connectivity index (χ4n) is 2.53. The van der Waals surface area contributed by atoms with Crippen molar-refractivity contribution < 1.29 is 18.7 Å². The highest BCUT2D eigenvalue weighted by atomic mass is 19.1. The zero-order valence-electron chi connectivity index (χ0n) is 14.0. The van der Waals surface area contributed by atoms with Gasteiger partial charge in [-0.3, -0.25) is 0 Å². The maximum atomic E-state index is 13.6. The lowest BCUT2D eigenvalue weighted by molar-refractivity contribution is -0.873. The summed E-state index contributed by atoms with van der Waals surface area (Å²) in [5, 5.41) is 10.2. The first-order chi connectivity index (χ1) is 10.8. The van der Waals surface area contributed by atoms with E-state index in [1.807, 2.05) is 51.5 Å². The van der Waals surface area contributed by atoms with E-state index in [0.29, 0.717) is 35.4 Å². The molecule has 0 fully saturated rings. The van der Waals surface area contributed by atoms with E-state index in [1.54, 1.807) is 6.07 Å². The number of likely N-dealkylation sites (N-methyl/N-ethyl adjacent to an activating group) is 1. The second-order valence-electron chi connectivity index (χ2n) is 6.86. The predicted octanol–water partition coefficient (Wildman–Crippen LogP) is 3.01. The van der Waals surface area contributed by atoms with E-state index >= 15 is 0 Å². The summed E-state index contributed by atoms with van der Waals surface area (Å²) < 4.78 is 20.0. The lowest BCUT2D eigenvalue weighted by Crippen LogP contribution is -2.42. The normalized spacial score (nSPS) is 12.9. The van der Waals surface area contributed by atoms with Gasteiger partial charge in [-0.1, -0.05) is 30.3 Å². The van der Waals surface area contributed by atoms with Crippen LogP contribution in [-0.4, -0.2) is 43.4 Å². The second kappa shape index (κ2) is 7.57. The monoisotopic (exact) mass is 318 g/mol. The Balaban J connectivity index is 2.07. The summed E-state index contributed by atoms with van der Waals surface area (Å²) in [6, 6.07) is 14.3. The van der Waals surface area contributed by atoms with E-state index in [4.69, 9.17) is 4.74 Å². The number of hydrogen-bond donors (Lipinski definition) is 1. The van der Waals surface area contributed by atoms with Crippen molar-refractivity contribution in [3.63, 3.8) is 0 Å². The Bertz CT molecular complexity index is 623. The second-order valence-corrected chi connectivity index (χ2v) is 6.86. The van der Waals surface area contributed by atoms with E-state index in [0.717, 1.165) is 5.56 Å². The Labute approximate surface area is 137 Å². The first-order valence-corrected chi connectivity index (χ1v) is 7.77. The van der Waals surface area contributed by atoms with Gasteiger partial charge in [0.15, 0.2) is 0 Å². The molecule has 0 bridgehead atoms. The van der Waals surface area contributed by atoms with Gasteiger partial charge in [0.05, 0.1) is 21.1 Å². The molecule has 2 aromatic rings. The third kappa shape index (κ3) is 6.00. The van der Waals surface area contributed by atoms with Crippen molar-refractivity contribution in [3.8, 4) is 5.75 Å². The number of aliphatic hydroxyl groups excluding tert-OH is 1. The van der Waals surface area contributed by atoms with E-state index < -0.39 is 6.10 Å². The summed E-state index contributed by atoms with van der Waals surface area (Å²) in [4.78, 5) is 0. The number of aliphatic hydroxyl groups is 1. The van der Waals surface area contributed by atoms with Crippen LogP contribution in [0.25, 0.3) is 0 Å². The number of hydrogen-bond acceptors (Lipinski definition) is 2. The first-order valence-electron chi connectivity index (χ1n) is 7.77. The van der Waals surface area contributed by atoms with Crippen LogP contribution in [-0.2, 0) is 13.0 Å². The van der Waals surface area contributed by atoms with Crippen LogP contribution in [0.4, 0.5) is 4.39 Å². The molecular formula is C19H25FNO2+. The standard InChI is InChI=1S/C19H25FNO2/c1-21(2,3)13-18(22)12-16-11-17(20)9-10-19(16)23-14-15-7-5-4-6-8-15/h4-11,18,22H,12-14H2,1-3H3/q+1. The average molecular weight is 318 g/mol. The largest absolute Gasteiger partial charge is 0.489 e. The maximum absolute atomic E-state index is 13.6. The van der Waals surface area contributed by atoms with Crippen LogP contribution in [0.5, 0.6) is 5.75 Å². The smallest absolute Gasteiger partial charge is 0.123 e. The van der Waals surface area contributed by atoms with Crippen molar-refractivity contribution in [1.29, 1.82) is 0 Å². The molecule has 0 radical (unpaired) electrons. The van der Waals surface area contributed by atoms with Gasteiger partial charge in [-0.2, -0.15) is 0 Å². The van der Waals surface area contributed by atoms with Gasteiger partial charge in [0.2, 0.25) is 0 Å². The Morgan fingerprint density at radius 2 is 1.78 bits per heavy atom. The zero-order valence-corrected chi connectivity index (χ0v) is 14.0. The minimum Gasteiger partial charge on any atom is -0.489 e. The molecule has 3 nitrogen and oxygen atoms in total. The van der Waals surface area contributed by atoms with Gasteiger partial charge < -0.3 is 14.3 Å². The Kier molecular flexibility index (Phi) is 5.74. The molecule has 0 saturated heterocycles. The van der Waals surface area contributed by atoms with E-state index in [-0.39, 0.29) is 5.82 Å². The van der Waals surface area contributed by atoms with Crippen LogP contribution in [0.3, 0.4) is 0 Å². The third-order valence-corrected chi connectivity index (χ3v) is 3.47. The Morgan fingerprint density at radius 3 is 2.43 bits per heavy atom. The van der Waals surface area contributed by atoms with Crippen molar-refractivity contribution in [2.45, 2.75) is 19.1 Å². The maximum Gasteiger partial charge on any atom is 0.123 e. The lowest BCUT2D eigenvalue weighted by Gasteiger charge is -2.27. The molecule has 1 atom stereocenters. The van der Waals surface area contributed by atoms with Crippen molar-refractivity contribution in [3.05, 3.63) is 65.5 Å². The number of rotatable bonds is 7. The van der Waals surface area contributed by atoms with Gasteiger partial charge in [-0.05, 0) is 29.3 Å². The van der Waals surface area contributed by atoms with Gasteiger partial charge in [-0.15, -0.1) is 0 Å². The van der Waals surface area contributed by atoms with Crippen LogP contribution < -0.4 is 4.74 Å². The van der Waals surface area contributed by atoms with Gasteiger partial charge in [0.1, 0.15) is 30.8 Å². The molecule has 124 valence electrons. The Hall–Kier alpha value is -1.91. The lowest BCUT2D eigenvalue weighted by atomic mass is 10.1. The predicted molar refractivity (Wildman–Crippen MR) is 89.8 cm³/mol.